The molecule has 32 heavy (non-hydrogen) atoms. The van der Waals surface area contributed by atoms with E-state index >= 15 is 0 Å². The van der Waals surface area contributed by atoms with E-state index in [0.717, 1.165) is 37.2 Å². The predicted molar refractivity (Wildman–Crippen MR) is 120 cm³/mol. The molecule has 0 bridgehead atoms. The summed E-state index contributed by atoms with van der Waals surface area (Å²) >= 11 is 0. The van der Waals surface area contributed by atoms with Crippen molar-refractivity contribution in [3.63, 3.8) is 0 Å². The standard InChI is InChI=1S/C25H28N4O3/c30-23-9-8-22(24(31)28-23)29-15-18-12-16(6-7-19(18)25(29)32)13-27-21-10-11-26-14-20(21)17-4-2-1-3-5-17/h1-7,12,20-22,26-27H,8-11,13-15H2,(H,28,30,31). The van der Waals surface area contributed by atoms with Crippen LogP contribution >= 0.6 is 0 Å². The highest BCUT2D eigenvalue weighted by molar-refractivity contribution is 6.05. The van der Waals surface area contributed by atoms with Crippen molar-refractivity contribution in [1.29, 1.82) is 0 Å². The summed E-state index contributed by atoms with van der Waals surface area (Å²) in [5, 5.41) is 9.59. The second-order valence-corrected chi connectivity index (χ2v) is 8.89. The van der Waals surface area contributed by atoms with Crippen molar-refractivity contribution < 1.29 is 14.4 Å². The fraction of sp³-hybridized carbons (Fsp3) is 0.400. The molecule has 166 valence electrons. The first-order valence-corrected chi connectivity index (χ1v) is 11.4. The Labute approximate surface area is 187 Å². The van der Waals surface area contributed by atoms with Crippen molar-refractivity contribution in [1.82, 2.24) is 20.9 Å². The predicted octanol–water partition coefficient (Wildman–Crippen LogP) is 1.68. The highest BCUT2D eigenvalue weighted by Crippen LogP contribution is 2.29. The minimum atomic E-state index is -0.574. The van der Waals surface area contributed by atoms with Gasteiger partial charge in [0.05, 0.1) is 0 Å². The number of carbonyl (C=O) groups excluding carboxylic acids is 3. The van der Waals surface area contributed by atoms with Gasteiger partial charge in [0.1, 0.15) is 6.04 Å². The van der Waals surface area contributed by atoms with Gasteiger partial charge in [-0.25, -0.2) is 0 Å². The third-order valence-corrected chi connectivity index (χ3v) is 6.87. The Morgan fingerprint density at radius 2 is 1.88 bits per heavy atom. The molecule has 3 unspecified atom stereocenters. The van der Waals surface area contributed by atoms with Crippen LogP contribution in [0.15, 0.2) is 48.5 Å². The van der Waals surface area contributed by atoms with Crippen LogP contribution in [0.3, 0.4) is 0 Å². The number of nitrogens with zero attached hydrogens (tertiary/aromatic N) is 1. The van der Waals surface area contributed by atoms with Crippen LogP contribution in [-0.2, 0) is 22.7 Å². The molecule has 0 aliphatic carbocycles. The molecule has 2 fully saturated rings. The van der Waals surface area contributed by atoms with Crippen LogP contribution in [0, 0.1) is 0 Å². The maximum atomic E-state index is 12.9. The Balaban J connectivity index is 1.26. The highest BCUT2D eigenvalue weighted by atomic mass is 16.2. The molecule has 5 rings (SSSR count). The molecule has 0 aromatic heterocycles. The third kappa shape index (κ3) is 4.06. The van der Waals surface area contributed by atoms with E-state index in [9.17, 15) is 14.4 Å². The summed E-state index contributed by atoms with van der Waals surface area (Å²) < 4.78 is 0. The van der Waals surface area contributed by atoms with Gasteiger partial charge in [-0.2, -0.15) is 0 Å². The molecule has 3 aliphatic heterocycles. The molecular weight excluding hydrogens is 404 g/mol. The Kier molecular flexibility index (Phi) is 5.76. The molecule has 0 spiro atoms. The zero-order valence-corrected chi connectivity index (χ0v) is 18.0. The van der Waals surface area contributed by atoms with E-state index in [1.807, 2.05) is 18.2 Å². The summed E-state index contributed by atoms with van der Waals surface area (Å²) in [6.45, 7) is 3.10. The van der Waals surface area contributed by atoms with Crippen molar-refractivity contribution in [3.8, 4) is 0 Å². The van der Waals surface area contributed by atoms with Gasteiger partial charge in [0.25, 0.3) is 5.91 Å². The van der Waals surface area contributed by atoms with Crippen LogP contribution in [0.2, 0.25) is 0 Å². The molecular formula is C25H28N4O3. The Morgan fingerprint density at radius 1 is 1.03 bits per heavy atom. The molecule has 7 heteroatoms. The number of amides is 3. The van der Waals surface area contributed by atoms with Gasteiger partial charge < -0.3 is 15.5 Å². The molecule has 3 N–H and O–H groups in total. The molecule has 0 radical (unpaired) electrons. The van der Waals surface area contributed by atoms with E-state index in [1.54, 1.807) is 4.90 Å². The minimum absolute atomic E-state index is 0.128. The Bertz CT molecular complexity index is 1040. The lowest BCUT2D eigenvalue weighted by molar-refractivity contribution is -0.136. The number of rotatable bonds is 5. The first kappa shape index (κ1) is 20.8. The van der Waals surface area contributed by atoms with Gasteiger partial charge in [0, 0.05) is 43.6 Å². The van der Waals surface area contributed by atoms with E-state index in [1.165, 1.54) is 5.56 Å². The molecule has 3 heterocycles. The molecule has 0 saturated carbocycles. The SMILES string of the molecule is O=C1CCC(N2Cc3cc(CNC4CCNCC4c4ccccc4)ccc3C2=O)C(=O)N1. The largest absolute Gasteiger partial charge is 0.322 e. The molecule has 7 nitrogen and oxygen atoms in total. The van der Waals surface area contributed by atoms with E-state index in [0.29, 0.717) is 30.5 Å². The number of hydrogen-bond donors (Lipinski definition) is 3. The van der Waals surface area contributed by atoms with Crippen molar-refractivity contribution in [3.05, 3.63) is 70.8 Å². The van der Waals surface area contributed by atoms with Crippen molar-refractivity contribution in [2.75, 3.05) is 13.1 Å². The summed E-state index contributed by atoms with van der Waals surface area (Å²) in [4.78, 5) is 38.2. The lowest BCUT2D eigenvalue weighted by Gasteiger charge is -2.33. The summed E-state index contributed by atoms with van der Waals surface area (Å²) in [5.74, 6) is -0.349. The highest BCUT2D eigenvalue weighted by Gasteiger charge is 2.39. The minimum Gasteiger partial charge on any atom is -0.322 e. The van der Waals surface area contributed by atoms with E-state index in [2.05, 4.69) is 46.3 Å². The fourth-order valence-electron chi connectivity index (χ4n) is 5.14. The van der Waals surface area contributed by atoms with E-state index < -0.39 is 6.04 Å². The number of nitrogens with one attached hydrogen (secondary N) is 3. The third-order valence-electron chi connectivity index (χ3n) is 6.87. The molecule has 3 aliphatic rings. The number of hydrogen-bond acceptors (Lipinski definition) is 5. The van der Waals surface area contributed by atoms with Crippen LogP contribution in [0.25, 0.3) is 0 Å². The van der Waals surface area contributed by atoms with Crippen molar-refractivity contribution in [2.45, 2.75) is 50.4 Å². The Morgan fingerprint density at radius 3 is 2.69 bits per heavy atom. The van der Waals surface area contributed by atoms with Gasteiger partial charge in [0.15, 0.2) is 0 Å². The quantitative estimate of drug-likeness (QED) is 0.626. The summed E-state index contributed by atoms with van der Waals surface area (Å²) in [7, 11) is 0. The number of fused-ring (bicyclic) bond motifs is 1. The van der Waals surface area contributed by atoms with E-state index in [4.69, 9.17) is 0 Å². The van der Waals surface area contributed by atoms with Gasteiger partial charge in [-0.3, -0.25) is 19.7 Å². The number of imide groups is 1. The normalized spacial score (nSPS) is 25.6. The average molecular weight is 433 g/mol. The van der Waals surface area contributed by atoms with Crippen LogP contribution in [0.5, 0.6) is 0 Å². The molecule has 2 aromatic carbocycles. The molecule has 2 saturated heterocycles. The topological polar surface area (TPSA) is 90.5 Å². The summed E-state index contributed by atoms with van der Waals surface area (Å²) in [6, 6.07) is 16.4. The van der Waals surface area contributed by atoms with Gasteiger partial charge in [0.2, 0.25) is 11.8 Å². The first-order chi connectivity index (χ1) is 15.6. The molecule has 3 atom stereocenters. The smallest absolute Gasteiger partial charge is 0.255 e. The number of benzene rings is 2. The zero-order valence-electron chi connectivity index (χ0n) is 18.0. The number of piperidine rings is 2. The lowest BCUT2D eigenvalue weighted by Crippen LogP contribution is -2.52. The van der Waals surface area contributed by atoms with Crippen molar-refractivity contribution >= 4 is 17.7 Å². The average Bonchev–Trinajstić information content (AvgIpc) is 3.14. The van der Waals surface area contributed by atoms with Gasteiger partial charge in [-0.1, -0.05) is 42.5 Å². The fourth-order valence-corrected chi connectivity index (χ4v) is 5.14. The van der Waals surface area contributed by atoms with Crippen molar-refractivity contribution in [2.24, 2.45) is 0 Å². The van der Waals surface area contributed by atoms with Gasteiger partial charge >= 0.3 is 0 Å². The maximum Gasteiger partial charge on any atom is 0.255 e. The maximum absolute atomic E-state index is 12.9. The number of carbonyl (C=O) groups is 3. The van der Waals surface area contributed by atoms with Crippen LogP contribution in [-0.4, -0.2) is 47.8 Å². The lowest BCUT2D eigenvalue weighted by atomic mass is 9.87. The van der Waals surface area contributed by atoms with E-state index in [-0.39, 0.29) is 24.1 Å². The monoisotopic (exact) mass is 432 g/mol. The summed E-state index contributed by atoms with van der Waals surface area (Å²) in [6.07, 6.45) is 1.71. The van der Waals surface area contributed by atoms with Gasteiger partial charge in [-0.15, -0.1) is 0 Å². The second kappa shape index (κ2) is 8.84. The van der Waals surface area contributed by atoms with Crippen LogP contribution in [0.1, 0.15) is 52.2 Å². The molecule has 3 amide bonds. The molecule has 2 aromatic rings. The van der Waals surface area contributed by atoms with Gasteiger partial charge in [-0.05, 0) is 42.1 Å². The first-order valence-electron chi connectivity index (χ1n) is 11.4. The van der Waals surface area contributed by atoms with Crippen LogP contribution in [0.4, 0.5) is 0 Å². The van der Waals surface area contributed by atoms with Crippen LogP contribution < -0.4 is 16.0 Å². The zero-order chi connectivity index (χ0) is 22.1. The Hall–Kier alpha value is -3.03. The summed E-state index contributed by atoms with van der Waals surface area (Å²) in [5.41, 5.74) is 4.08. The second-order valence-electron chi connectivity index (χ2n) is 8.89.